The van der Waals surface area contributed by atoms with Crippen molar-refractivity contribution < 1.29 is 9.18 Å². The van der Waals surface area contributed by atoms with Crippen molar-refractivity contribution in [1.82, 2.24) is 24.5 Å². The molecule has 0 bridgehead atoms. The van der Waals surface area contributed by atoms with E-state index in [1.54, 1.807) is 34.9 Å². The molecule has 2 heterocycles. The maximum atomic E-state index is 13.3. The molecule has 2 aromatic heterocycles. The van der Waals surface area contributed by atoms with Gasteiger partial charge in [-0.05, 0) is 55.7 Å². The van der Waals surface area contributed by atoms with E-state index in [4.69, 9.17) is 0 Å². The van der Waals surface area contributed by atoms with Gasteiger partial charge in [0.1, 0.15) is 5.82 Å². The lowest BCUT2D eigenvalue weighted by Gasteiger charge is -2.14. The highest BCUT2D eigenvalue weighted by Gasteiger charge is 2.19. The number of thioether (sulfide) groups is 1. The number of fused-ring (bicyclic) bond motifs is 3. The number of halogens is 1. The zero-order valence-electron chi connectivity index (χ0n) is 19.0. The fourth-order valence-electron chi connectivity index (χ4n) is 3.62. The number of carbonyl (C=O) groups excluding carboxylic acids is 1. The molecule has 1 N–H and O–H groups in total. The van der Waals surface area contributed by atoms with Gasteiger partial charge in [-0.15, -0.1) is 10.2 Å². The van der Waals surface area contributed by atoms with Crippen LogP contribution in [0.5, 0.6) is 0 Å². The molecule has 0 aliphatic carbocycles. The van der Waals surface area contributed by atoms with Crippen LogP contribution in [-0.2, 0) is 12.3 Å². The van der Waals surface area contributed by atoms with E-state index in [0.29, 0.717) is 39.7 Å². The van der Waals surface area contributed by atoms with Gasteiger partial charge in [-0.3, -0.25) is 18.6 Å². The summed E-state index contributed by atoms with van der Waals surface area (Å²) in [6.07, 6.45) is 0. The maximum absolute atomic E-state index is 13.3. The van der Waals surface area contributed by atoms with Crippen LogP contribution in [0, 0.1) is 11.7 Å². The van der Waals surface area contributed by atoms with E-state index in [-0.39, 0.29) is 29.2 Å². The fraction of sp³-hybridized carbons (Fsp3) is 0.333. The van der Waals surface area contributed by atoms with Crippen molar-refractivity contribution in [3.05, 3.63) is 69.8 Å². The van der Waals surface area contributed by atoms with Gasteiger partial charge in [-0.1, -0.05) is 37.7 Å². The van der Waals surface area contributed by atoms with Crippen molar-refractivity contribution in [1.29, 1.82) is 0 Å². The summed E-state index contributed by atoms with van der Waals surface area (Å²) in [5.41, 5.74) is 1.82. The molecule has 0 saturated carbocycles. The topological polar surface area (TPSA) is 81.3 Å². The third-order valence-electron chi connectivity index (χ3n) is 5.08. The molecule has 2 aromatic carbocycles. The van der Waals surface area contributed by atoms with E-state index in [1.807, 2.05) is 32.1 Å². The van der Waals surface area contributed by atoms with Gasteiger partial charge in [-0.2, -0.15) is 0 Å². The minimum atomic E-state index is -0.285. The fourth-order valence-corrected chi connectivity index (χ4v) is 4.52. The van der Waals surface area contributed by atoms with Crippen LogP contribution in [0.2, 0.25) is 0 Å². The Bertz CT molecular complexity index is 1380. The monoisotopic (exact) mass is 467 g/mol. The zero-order chi connectivity index (χ0) is 23.7. The molecule has 4 rings (SSSR count). The molecule has 0 aliphatic heterocycles. The Kier molecular flexibility index (Phi) is 6.51. The first-order chi connectivity index (χ1) is 15.7. The Labute approximate surface area is 195 Å². The van der Waals surface area contributed by atoms with Crippen molar-refractivity contribution in [2.24, 2.45) is 5.92 Å². The van der Waals surface area contributed by atoms with Gasteiger partial charge in [0.05, 0.1) is 10.9 Å². The first-order valence-electron chi connectivity index (χ1n) is 10.8. The Hall–Kier alpha value is -3.20. The van der Waals surface area contributed by atoms with E-state index in [1.165, 1.54) is 23.9 Å². The molecule has 7 nitrogen and oxygen atoms in total. The van der Waals surface area contributed by atoms with E-state index in [9.17, 15) is 14.0 Å². The Morgan fingerprint density at radius 3 is 2.48 bits per heavy atom. The highest BCUT2D eigenvalue weighted by molar-refractivity contribution is 7.98. The Morgan fingerprint density at radius 1 is 1.09 bits per heavy atom. The van der Waals surface area contributed by atoms with Gasteiger partial charge in [0.2, 0.25) is 5.78 Å². The standard InChI is InChI=1S/C24H26FN5O2S/c1-14(2)12-29-22(32)19-10-7-17(21(31)26-15(3)4)11-20(19)30-23(29)27-28-24(30)33-13-16-5-8-18(25)9-6-16/h5-11,14-15H,12-13H2,1-4H3,(H,26,31). The molecular formula is C24H26FN5O2S. The normalized spacial score (nSPS) is 11.7. The molecule has 172 valence electrons. The lowest BCUT2D eigenvalue weighted by molar-refractivity contribution is 0.0943. The summed E-state index contributed by atoms with van der Waals surface area (Å²) in [4.78, 5) is 25.9. The molecule has 9 heteroatoms. The van der Waals surface area contributed by atoms with Gasteiger partial charge >= 0.3 is 0 Å². The molecule has 0 unspecified atom stereocenters. The molecule has 0 radical (unpaired) electrons. The molecule has 0 atom stereocenters. The number of benzene rings is 2. The molecule has 0 saturated heterocycles. The third-order valence-corrected chi connectivity index (χ3v) is 6.08. The van der Waals surface area contributed by atoms with Gasteiger partial charge < -0.3 is 5.32 Å². The third kappa shape index (κ3) is 4.78. The van der Waals surface area contributed by atoms with Gasteiger partial charge in [0.15, 0.2) is 5.16 Å². The number of hydrogen-bond acceptors (Lipinski definition) is 5. The molecule has 33 heavy (non-hydrogen) atoms. The predicted molar refractivity (Wildman–Crippen MR) is 128 cm³/mol. The molecule has 0 aliphatic rings. The van der Waals surface area contributed by atoms with Crippen LogP contribution in [0.1, 0.15) is 43.6 Å². The van der Waals surface area contributed by atoms with Crippen LogP contribution >= 0.6 is 11.8 Å². The second-order valence-corrected chi connectivity index (χ2v) is 9.65. The van der Waals surface area contributed by atoms with Crippen LogP contribution < -0.4 is 10.9 Å². The van der Waals surface area contributed by atoms with Crippen LogP contribution in [0.4, 0.5) is 4.39 Å². The van der Waals surface area contributed by atoms with Crippen LogP contribution in [0.15, 0.2) is 52.4 Å². The van der Waals surface area contributed by atoms with Crippen molar-refractivity contribution in [3.63, 3.8) is 0 Å². The summed E-state index contributed by atoms with van der Waals surface area (Å²) < 4.78 is 16.7. The average molecular weight is 468 g/mol. The summed E-state index contributed by atoms with van der Waals surface area (Å²) >= 11 is 1.44. The molecular weight excluding hydrogens is 441 g/mol. The number of carbonyl (C=O) groups is 1. The van der Waals surface area contributed by atoms with Crippen molar-refractivity contribution in [2.45, 2.75) is 51.2 Å². The summed E-state index contributed by atoms with van der Waals surface area (Å²) in [5, 5.41) is 12.7. The van der Waals surface area contributed by atoms with E-state index in [0.717, 1.165) is 5.56 Å². The van der Waals surface area contributed by atoms with Gasteiger partial charge in [0.25, 0.3) is 11.5 Å². The van der Waals surface area contributed by atoms with E-state index in [2.05, 4.69) is 15.5 Å². The lowest BCUT2D eigenvalue weighted by Crippen LogP contribution is -2.30. The summed E-state index contributed by atoms with van der Waals surface area (Å²) in [6.45, 7) is 8.35. The summed E-state index contributed by atoms with van der Waals surface area (Å²) in [5.74, 6) is 0.725. The average Bonchev–Trinajstić information content (AvgIpc) is 3.19. The number of amides is 1. The van der Waals surface area contributed by atoms with Crippen molar-refractivity contribution in [2.75, 3.05) is 0 Å². The van der Waals surface area contributed by atoms with Gasteiger partial charge in [-0.25, -0.2) is 4.39 Å². The number of nitrogens with one attached hydrogen (secondary N) is 1. The second-order valence-electron chi connectivity index (χ2n) is 8.70. The largest absolute Gasteiger partial charge is 0.350 e. The lowest BCUT2D eigenvalue weighted by atomic mass is 10.1. The summed E-state index contributed by atoms with van der Waals surface area (Å²) in [7, 11) is 0. The SMILES string of the molecule is CC(C)Cn1c(=O)c2ccc(C(=O)NC(C)C)cc2n2c(SCc3ccc(F)cc3)nnc12. The molecule has 0 fully saturated rings. The molecule has 1 amide bonds. The quantitative estimate of drug-likeness (QED) is 0.411. The highest BCUT2D eigenvalue weighted by atomic mass is 32.2. The van der Waals surface area contributed by atoms with Crippen LogP contribution in [0.25, 0.3) is 16.7 Å². The van der Waals surface area contributed by atoms with Crippen LogP contribution in [-0.4, -0.2) is 31.1 Å². The first-order valence-corrected chi connectivity index (χ1v) is 11.8. The first kappa shape index (κ1) is 23.0. The van der Waals surface area contributed by atoms with E-state index >= 15 is 0 Å². The second kappa shape index (κ2) is 9.35. The number of rotatable bonds is 7. The smallest absolute Gasteiger partial charge is 0.262 e. The number of hydrogen-bond donors (Lipinski definition) is 1. The zero-order valence-corrected chi connectivity index (χ0v) is 19.8. The maximum Gasteiger partial charge on any atom is 0.262 e. The molecule has 4 aromatic rings. The molecule has 0 spiro atoms. The number of aromatic nitrogens is 4. The van der Waals surface area contributed by atoms with Crippen molar-refractivity contribution in [3.8, 4) is 0 Å². The predicted octanol–water partition coefficient (Wildman–Crippen LogP) is 4.27. The number of nitrogens with zero attached hydrogens (tertiary/aromatic N) is 4. The summed E-state index contributed by atoms with van der Waals surface area (Å²) in [6, 6.07) is 11.4. The van der Waals surface area contributed by atoms with Crippen LogP contribution in [0.3, 0.4) is 0 Å². The Morgan fingerprint density at radius 2 is 1.82 bits per heavy atom. The van der Waals surface area contributed by atoms with Crippen molar-refractivity contribution >= 4 is 34.3 Å². The van der Waals surface area contributed by atoms with Gasteiger partial charge in [0, 0.05) is 23.9 Å². The van der Waals surface area contributed by atoms with E-state index < -0.39 is 0 Å². The minimum Gasteiger partial charge on any atom is -0.350 e. The highest BCUT2D eigenvalue weighted by Crippen LogP contribution is 2.25. The minimum absolute atomic E-state index is 0.0102. The Balaban J connectivity index is 1.87.